The van der Waals surface area contributed by atoms with E-state index in [9.17, 15) is 18.0 Å². The van der Waals surface area contributed by atoms with Gasteiger partial charge in [0.1, 0.15) is 5.75 Å². The number of carbonyl (C=O) groups excluding carboxylic acids is 1. The lowest BCUT2D eigenvalue weighted by molar-refractivity contribution is -0.274. The molecule has 5 nitrogen and oxygen atoms in total. The van der Waals surface area contributed by atoms with Crippen LogP contribution in [0.5, 0.6) is 5.75 Å². The number of amides is 2. The van der Waals surface area contributed by atoms with Crippen LogP contribution in [-0.4, -0.2) is 30.6 Å². The van der Waals surface area contributed by atoms with Crippen LogP contribution in [0.3, 0.4) is 0 Å². The Hall–Kier alpha value is -1.48. The maximum absolute atomic E-state index is 12.1. The van der Waals surface area contributed by atoms with E-state index in [-0.39, 0.29) is 21.9 Å². The number of rotatable bonds is 3. The average Bonchev–Trinajstić information content (AvgIpc) is 2.70. The van der Waals surface area contributed by atoms with Crippen LogP contribution < -0.4 is 15.4 Å². The molecule has 9 heteroatoms. The SMILES string of the molecule is CC1(C)CC(NC(=O)Nc2ccc(OC(F)(F)F)cc2Br)CO1. The highest BCUT2D eigenvalue weighted by Crippen LogP contribution is 2.30. The Kier molecular flexibility index (Phi) is 5.10. The van der Waals surface area contributed by atoms with E-state index in [1.807, 2.05) is 13.8 Å². The van der Waals surface area contributed by atoms with Crippen LogP contribution in [0.15, 0.2) is 22.7 Å². The molecule has 0 aromatic heterocycles. The zero-order chi connectivity index (χ0) is 17.3. The van der Waals surface area contributed by atoms with Crippen molar-refractivity contribution in [1.82, 2.24) is 5.32 Å². The molecule has 128 valence electrons. The highest BCUT2D eigenvalue weighted by molar-refractivity contribution is 9.10. The van der Waals surface area contributed by atoms with Crippen molar-refractivity contribution in [2.45, 2.75) is 38.3 Å². The highest BCUT2D eigenvalue weighted by Gasteiger charge is 2.33. The fourth-order valence-electron chi connectivity index (χ4n) is 2.27. The van der Waals surface area contributed by atoms with Gasteiger partial charge >= 0.3 is 12.4 Å². The van der Waals surface area contributed by atoms with E-state index >= 15 is 0 Å². The van der Waals surface area contributed by atoms with Gasteiger partial charge in [-0.15, -0.1) is 13.2 Å². The first kappa shape index (κ1) is 17.9. The Bertz CT molecular complexity index is 593. The third-order valence-electron chi connectivity index (χ3n) is 3.17. The van der Waals surface area contributed by atoms with Crippen molar-refractivity contribution in [3.63, 3.8) is 0 Å². The van der Waals surface area contributed by atoms with E-state index in [1.165, 1.54) is 6.07 Å². The molecular formula is C14H16BrF3N2O3. The molecule has 0 saturated carbocycles. The van der Waals surface area contributed by atoms with Gasteiger partial charge in [-0.3, -0.25) is 0 Å². The number of anilines is 1. The second-order valence-electron chi connectivity index (χ2n) is 5.76. The van der Waals surface area contributed by atoms with Gasteiger partial charge in [0.25, 0.3) is 0 Å². The van der Waals surface area contributed by atoms with Gasteiger partial charge < -0.3 is 20.1 Å². The van der Waals surface area contributed by atoms with Crippen LogP contribution >= 0.6 is 15.9 Å². The number of hydrogen-bond donors (Lipinski definition) is 2. The standard InChI is InChI=1S/C14H16BrF3N2O3/c1-13(2)6-8(7-22-13)19-12(21)20-11-4-3-9(5-10(11)15)23-14(16,17)18/h3-5,8H,6-7H2,1-2H3,(H2,19,20,21). The van der Waals surface area contributed by atoms with Crippen molar-refractivity contribution in [3.05, 3.63) is 22.7 Å². The minimum Gasteiger partial charge on any atom is -0.406 e. The summed E-state index contributed by atoms with van der Waals surface area (Å²) in [5, 5.41) is 5.32. The summed E-state index contributed by atoms with van der Waals surface area (Å²) in [6.07, 6.45) is -4.08. The summed E-state index contributed by atoms with van der Waals surface area (Å²) < 4.78 is 46.0. The van der Waals surface area contributed by atoms with Gasteiger partial charge in [0.15, 0.2) is 0 Å². The molecule has 1 unspecified atom stereocenters. The molecule has 2 N–H and O–H groups in total. The molecule has 1 fully saturated rings. The van der Waals surface area contributed by atoms with Gasteiger partial charge in [-0.1, -0.05) is 0 Å². The van der Waals surface area contributed by atoms with Gasteiger partial charge in [-0.25, -0.2) is 4.79 Å². The van der Waals surface area contributed by atoms with E-state index in [1.54, 1.807) is 0 Å². The molecule has 0 bridgehead atoms. The highest BCUT2D eigenvalue weighted by atomic mass is 79.9. The number of carbonyl (C=O) groups is 1. The van der Waals surface area contributed by atoms with Crippen molar-refractivity contribution in [2.75, 3.05) is 11.9 Å². The molecule has 0 aliphatic carbocycles. The normalized spacial score (nSPS) is 20.2. The van der Waals surface area contributed by atoms with Crippen molar-refractivity contribution >= 4 is 27.6 Å². The number of alkyl halides is 3. The largest absolute Gasteiger partial charge is 0.573 e. The van der Waals surface area contributed by atoms with Gasteiger partial charge in [-0.2, -0.15) is 0 Å². The number of urea groups is 1. The number of halogens is 4. The number of benzene rings is 1. The van der Waals surface area contributed by atoms with E-state index in [2.05, 4.69) is 31.3 Å². The van der Waals surface area contributed by atoms with Crippen LogP contribution in [-0.2, 0) is 4.74 Å². The second-order valence-corrected chi connectivity index (χ2v) is 6.61. The molecule has 0 radical (unpaired) electrons. The Labute approximate surface area is 139 Å². The summed E-state index contributed by atoms with van der Waals surface area (Å²) in [7, 11) is 0. The molecule has 23 heavy (non-hydrogen) atoms. The van der Waals surface area contributed by atoms with Crippen molar-refractivity contribution < 1.29 is 27.4 Å². The lowest BCUT2D eigenvalue weighted by atomic mass is 10.0. The van der Waals surface area contributed by atoms with Crippen LogP contribution in [0, 0.1) is 0 Å². The van der Waals surface area contributed by atoms with Crippen molar-refractivity contribution in [2.24, 2.45) is 0 Å². The average molecular weight is 397 g/mol. The fraction of sp³-hybridized carbons (Fsp3) is 0.500. The van der Waals surface area contributed by atoms with Gasteiger partial charge in [-0.05, 0) is 54.4 Å². The molecule has 2 amide bonds. The lowest BCUT2D eigenvalue weighted by Crippen LogP contribution is -2.38. The van der Waals surface area contributed by atoms with E-state index in [4.69, 9.17) is 4.74 Å². The van der Waals surface area contributed by atoms with Gasteiger partial charge in [0.2, 0.25) is 0 Å². The first-order valence-electron chi connectivity index (χ1n) is 6.81. The summed E-state index contributed by atoms with van der Waals surface area (Å²) in [6, 6.07) is 3.00. The molecule has 1 aromatic rings. The topological polar surface area (TPSA) is 59.6 Å². The Morgan fingerprint density at radius 3 is 2.65 bits per heavy atom. The fourth-order valence-corrected chi connectivity index (χ4v) is 2.73. The molecule has 1 heterocycles. The first-order valence-corrected chi connectivity index (χ1v) is 7.60. The maximum atomic E-state index is 12.1. The predicted octanol–water partition coefficient (Wildman–Crippen LogP) is 4.04. The molecule has 2 rings (SSSR count). The zero-order valence-corrected chi connectivity index (χ0v) is 14.0. The van der Waals surface area contributed by atoms with E-state index < -0.39 is 12.4 Å². The zero-order valence-electron chi connectivity index (χ0n) is 12.5. The molecule has 0 spiro atoms. The summed E-state index contributed by atoms with van der Waals surface area (Å²) in [5.41, 5.74) is 0.0463. The molecule has 1 aliphatic rings. The van der Waals surface area contributed by atoms with Crippen LogP contribution in [0.1, 0.15) is 20.3 Å². The van der Waals surface area contributed by atoms with Gasteiger partial charge in [0, 0.05) is 4.47 Å². The monoisotopic (exact) mass is 396 g/mol. The van der Waals surface area contributed by atoms with E-state index in [0.29, 0.717) is 18.7 Å². The molecule has 1 aromatic carbocycles. The minimum absolute atomic E-state index is 0.114. The number of nitrogens with one attached hydrogen (secondary N) is 2. The third-order valence-corrected chi connectivity index (χ3v) is 3.83. The summed E-state index contributed by atoms with van der Waals surface area (Å²) >= 11 is 3.10. The summed E-state index contributed by atoms with van der Waals surface area (Å²) in [6.45, 7) is 4.28. The van der Waals surface area contributed by atoms with Crippen LogP contribution in [0.2, 0.25) is 0 Å². The predicted molar refractivity (Wildman–Crippen MR) is 81.4 cm³/mol. The van der Waals surface area contributed by atoms with Crippen molar-refractivity contribution in [3.8, 4) is 5.75 Å². The van der Waals surface area contributed by atoms with Crippen molar-refractivity contribution in [1.29, 1.82) is 0 Å². The number of hydrogen-bond acceptors (Lipinski definition) is 3. The first-order chi connectivity index (χ1) is 10.5. The minimum atomic E-state index is -4.76. The smallest absolute Gasteiger partial charge is 0.406 e. The lowest BCUT2D eigenvalue weighted by Gasteiger charge is -2.16. The molecule has 1 aliphatic heterocycles. The van der Waals surface area contributed by atoms with Crippen LogP contribution in [0.25, 0.3) is 0 Å². The van der Waals surface area contributed by atoms with E-state index in [0.717, 1.165) is 12.1 Å². The summed E-state index contributed by atoms with van der Waals surface area (Å²) in [4.78, 5) is 11.9. The Morgan fingerprint density at radius 1 is 1.43 bits per heavy atom. The second kappa shape index (κ2) is 6.56. The van der Waals surface area contributed by atoms with Crippen LogP contribution in [0.4, 0.5) is 23.7 Å². The molecular weight excluding hydrogens is 381 g/mol. The quantitative estimate of drug-likeness (QED) is 0.810. The summed E-state index contributed by atoms with van der Waals surface area (Å²) in [5.74, 6) is -0.374. The molecule has 1 atom stereocenters. The Morgan fingerprint density at radius 2 is 2.13 bits per heavy atom. The Balaban J connectivity index is 1.93. The van der Waals surface area contributed by atoms with Gasteiger partial charge in [0.05, 0.1) is 23.9 Å². The number of ether oxygens (including phenoxy) is 2. The maximum Gasteiger partial charge on any atom is 0.573 e. The molecule has 1 saturated heterocycles. The third kappa shape index (κ3) is 5.58.